The second-order valence-corrected chi connectivity index (χ2v) is 5.47. The minimum absolute atomic E-state index is 0.0270. The molecule has 4 heteroatoms. The second-order valence-electron chi connectivity index (χ2n) is 5.07. The van der Waals surface area contributed by atoms with Crippen molar-refractivity contribution in [1.29, 1.82) is 0 Å². The molecule has 0 unspecified atom stereocenters. The number of benzene rings is 2. The first-order chi connectivity index (χ1) is 10.6. The van der Waals surface area contributed by atoms with Crippen LogP contribution in [0.5, 0.6) is 5.75 Å². The predicted molar refractivity (Wildman–Crippen MR) is 90.8 cm³/mol. The topological polar surface area (TPSA) is 38.3 Å². The van der Waals surface area contributed by atoms with Crippen LogP contribution in [0.4, 0.5) is 5.69 Å². The number of halogens is 1. The molecule has 0 atom stereocenters. The van der Waals surface area contributed by atoms with Crippen LogP contribution < -0.4 is 10.1 Å². The lowest BCUT2D eigenvalue weighted by Crippen LogP contribution is -2.12. The van der Waals surface area contributed by atoms with E-state index in [1.165, 1.54) is 11.1 Å². The molecule has 2 aromatic rings. The predicted octanol–water partition coefficient (Wildman–Crippen LogP) is 4.48. The van der Waals surface area contributed by atoms with Crippen molar-refractivity contribution in [2.45, 2.75) is 26.2 Å². The third-order valence-electron chi connectivity index (χ3n) is 3.51. The minimum Gasteiger partial charge on any atom is -0.495 e. The molecular weight excluding hydrogens is 298 g/mol. The molecule has 0 spiro atoms. The van der Waals surface area contributed by atoms with Gasteiger partial charge in [-0.3, -0.25) is 4.79 Å². The largest absolute Gasteiger partial charge is 0.495 e. The van der Waals surface area contributed by atoms with Gasteiger partial charge < -0.3 is 10.1 Å². The third kappa shape index (κ3) is 4.50. The summed E-state index contributed by atoms with van der Waals surface area (Å²) in [6, 6.07) is 13.6. The van der Waals surface area contributed by atoms with E-state index in [1.807, 2.05) is 0 Å². The van der Waals surface area contributed by atoms with Gasteiger partial charge in [0.1, 0.15) is 5.75 Å². The first kappa shape index (κ1) is 16.4. The molecule has 22 heavy (non-hydrogen) atoms. The van der Waals surface area contributed by atoms with Crippen molar-refractivity contribution in [2.24, 2.45) is 0 Å². The molecule has 0 fully saturated rings. The molecular formula is C18H20ClNO2. The van der Waals surface area contributed by atoms with Gasteiger partial charge in [-0.05, 0) is 42.2 Å². The van der Waals surface area contributed by atoms with Crippen LogP contribution in [-0.4, -0.2) is 13.0 Å². The van der Waals surface area contributed by atoms with E-state index in [0.717, 1.165) is 12.8 Å². The molecule has 0 aliphatic rings. The first-order valence-corrected chi connectivity index (χ1v) is 7.71. The fraction of sp³-hybridized carbons (Fsp3) is 0.278. The molecule has 2 aromatic carbocycles. The maximum absolute atomic E-state index is 12.0. The van der Waals surface area contributed by atoms with Gasteiger partial charge in [0.2, 0.25) is 5.91 Å². The molecule has 0 aliphatic heterocycles. The van der Waals surface area contributed by atoms with E-state index in [0.29, 0.717) is 22.9 Å². The maximum Gasteiger partial charge on any atom is 0.224 e. The lowest BCUT2D eigenvalue weighted by molar-refractivity contribution is -0.116. The van der Waals surface area contributed by atoms with Crippen molar-refractivity contribution in [3.63, 3.8) is 0 Å². The van der Waals surface area contributed by atoms with Crippen molar-refractivity contribution in [1.82, 2.24) is 0 Å². The number of anilines is 1. The van der Waals surface area contributed by atoms with Crippen LogP contribution in [0.25, 0.3) is 0 Å². The zero-order valence-corrected chi connectivity index (χ0v) is 13.6. The van der Waals surface area contributed by atoms with Crippen LogP contribution in [0.2, 0.25) is 5.02 Å². The molecule has 3 nitrogen and oxygen atoms in total. The van der Waals surface area contributed by atoms with E-state index in [4.69, 9.17) is 16.3 Å². The molecule has 0 bridgehead atoms. The Bertz CT molecular complexity index is 638. The highest BCUT2D eigenvalue weighted by molar-refractivity contribution is 6.32. The van der Waals surface area contributed by atoms with Crippen LogP contribution in [0.1, 0.15) is 24.5 Å². The average Bonchev–Trinajstić information content (AvgIpc) is 2.53. The average molecular weight is 318 g/mol. The minimum atomic E-state index is -0.0270. The highest BCUT2D eigenvalue weighted by Crippen LogP contribution is 2.27. The smallest absolute Gasteiger partial charge is 0.224 e. The van der Waals surface area contributed by atoms with Crippen molar-refractivity contribution in [3.8, 4) is 5.75 Å². The molecule has 0 saturated heterocycles. The quantitative estimate of drug-likeness (QED) is 0.853. The number of hydrogen-bond acceptors (Lipinski definition) is 2. The van der Waals surface area contributed by atoms with E-state index in [2.05, 4.69) is 36.5 Å². The van der Waals surface area contributed by atoms with Gasteiger partial charge in [-0.1, -0.05) is 42.8 Å². The SMILES string of the molecule is CCc1ccc(CCC(=O)Nc2ccc(OC)c(Cl)c2)cc1. The summed E-state index contributed by atoms with van der Waals surface area (Å²) in [5.41, 5.74) is 3.15. The van der Waals surface area contributed by atoms with Gasteiger partial charge in [0.15, 0.2) is 0 Å². The summed E-state index contributed by atoms with van der Waals surface area (Å²) in [5, 5.41) is 3.33. The lowest BCUT2D eigenvalue weighted by atomic mass is 10.1. The van der Waals surface area contributed by atoms with Gasteiger partial charge in [-0.25, -0.2) is 0 Å². The third-order valence-corrected chi connectivity index (χ3v) is 3.80. The van der Waals surface area contributed by atoms with E-state index >= 15 is 0 Å². The van der Waals surface area contributed by atoms with Crippen molar-refractivity contribution in [2.75, 3.05) is 12.4 Å². The number of hydrogen-bond donors (Lipinski definition) is 1. The summed E-state index contributed by atoms with van der Waals surface area (Å²) in [4.78, 5) is 12.0. The number of amides is 1. The Morgan fingerprint density at radius 2 is 1.82 bits per heavy atom. The van der Waals surface area contributed by atoms with Crippen LogP contribution in [0.15, 0.2) is 42.5 Å². The summed E-state index contributed by atoms with van der Waals surface area (Å²) in [5.74, 6) is 0.566. The lowest BCUT2D eigenvalue weighted by Gasteiger charge is -2.08. The summed E-state index contributed by atoms with van der Waals surface area (Å²) in [7, 11) is 1.56. The Morgan fingerprint density at radius 1 is 1.14 bits per heavy atom. The normalized spacial score (nSPS) is 10.3. The number of methoxy groups -OCH3 is 1. The fourth-order valence-electron chi connectivity index (χ4n) is 2.17. The van der Waals surface area contributed by atoms with Gasteiger partial charge in [0.25, 0.3) is 0 Å². The molecule has 0 aliphatic carbocycles. The van der Waals surface area contributed by atoms with E-state index in [-0.39, 0.29) is 5.91 Å². The summed E-state index contributed by atoms with van der Waals surface area (Å²) < 4.78 is 5.08. The van der Waals surface area contributed by atoms with Crippen molar-refractivity contribution < 1.29 is 9.53 Å². The Hall–Kier alpha value is -2.00. The Labute approximate surface area is 136 Å². The zero-order valence-electron chi connectivity index (χ0n) is 12.9. The molecule has 1 amide bonds. The summed E-state index contributed by atoms with van der Waals surface area (Å²) >= 11 is 6.04. The van der Waals surface area contributed by atoms with Gasteiger partial charge in [-0.2, -0.15) is 0 Å². The zero-order chi connectivity index (χ0) is 15.9. The highest BCUT2D eigenvalue weighted by atomic mass is 35.5. The molecule has 1 N–H and O–H groups in total. The Balaban J connectivity index is 1.88. The van der Waals surface area contributed by atoms with Gasteiger partial charge in [0.05, 0.1) is 12.1 Å². The summed E-state index contributed by atoms with van der Waals surface area (Å²) in [6.45, 7) is 2.13. The summed E-state index contributed by atoms with van der Waals surface area (Å²) in [6.07, 6.45) is 2.19. The number of aryl methyl sites for hydroxylation is 2. The molecule has 0 heterocycles. The Kier molecular flexibility index (Phi) is 5.84. The molecule has 2 rings (SSSR count). The monoisotopic (exact) mass is 317 g/mol. The number of nitrogens with one attached hydrogen (secondary N) is 1. The van der Waals surface area contributed by atoms with E-state index in [1.54, 1.807) is 25.3 Å². The molecule has 0 radical (unpaired) electrons. The van der Waals surface area contributed by atoms with Gasteiger partial charge in [0, 0.05) is 12.1 Å². The number of ether oxygens (including phenoxy) is 1. The van der Waals surface area contributed by atoms with Crippen molar-refractivity contribution >= 4 is 23.2 Å². The van der Waals surface area contributed by atoms with Crippen LogP contribution in [0, 0.1) is 0 Å². The van der Waals surface area contributed by atoms with Crippen molar-refractivity contribution in [3.05, 3.63) is 58.6 Å². The van der Waals surface area contributed by atoms with Gasteiger partial charge >= 0.3 is 0 Å². The fourth-order valence-corrected chi connectivity index (χ4v) is 2.42. The van der Waals surface area contributed by atoms with Crippen LogP contribution in [-0.2, 0) is 17.6 Å². The second kappa shape index (κ2) is 7.85. The van der Waals surface area contributed by atoms with E-state index in [9.17, 15) is 4.79 Å². The number of carbonyl (C=O) groups excluding carboxylic acids is 1. The number of carbonyl (C=O) groups is 1. The van der Waals surface area contributed by atoms with Gasteiger partial charge in [-0.15, -0.1) is 0 Å². The maximum atomic E-state index is 12.0. The Morgan fingerprint density at radius 3 is 2.41 bits per heavy atom. The standard InChI is InChI=1S/C18H20ClNO2/c1-3-13-4-6-14(7-5-13)8-11-18(21)20-15-9-10-17(22-2)16(19)12-15/h4-7,9-10,12H,3,8,11H2,1-2H3,(H,20,21). The van der Waals surface area contributed by atoms with Crippen LogP contribution >= 0.6 is 11.6 Å². The molecule has 0 saturated carbocycles. The molecule has 0 aromatic heterocycles. The highest BCUT2D eigenvalue weighted by Gasteiger charge is 2.06. The first-order valence-electron chi connectivity index (χ1n) is 7.33. The van der Waals surface area contributed by atoms with E-state index < -0.39 is 0 Å². The van der Waals surface area contributed by atoms with Crippen LogP contribution in [0.3, 0.4) is 0 Å². The molecule has 116 valence electrons. The number of rotatable bonds is 6.